The number of para-hydroxylation sites is 2. The van der Waals surface area contributed by atoms with Crippen molar-refractivity contribution < 1.29 is 29.5 Å². The molecular weight excluding hydrogens is 252 g/mol. The van der Waals surface area contributed by atoms with Crippen molar-refractivity contribution in [3.8, 4) is 11.5 Å². The van der Waals surface area contributed by atoms with E-state index in [9.17, 15) is 15.3 Å². The Balaban J connectivity index is 2.14. The van der Waals surface area contributed by atoms with Crippen LogP contribution in [0.15, 0.2) is 24.3 Å². The zero-order valence-electron chi connectivity index (χ0n) is 10.8. The molecule has 106 valence electrons. The van der Waals surface area contributed by atoms with Gasteiger partial charge in [0.25, 0.3) is 0 Å². The van der Waals surface area contributed by atoms with E-state index >= 15 is 0 Å². The van der Waals surface area contributed by atoms with E-state index in [0.29, 0.717) is 11.5 Å². The van der Waals surface area contributed by atoms with E-state index < -0.39 is 30.7 Å². The lowest BCUT2D eigenvalue weighted by Gasteiger charge is -2.39. The van der Waals surface area contributed by atoms with Crippen LogP contribution < -0.4 is 9.47 Å². The zero-order chi connectivity index (χ0) is 14.0. The molecule has 19 heavy (non-hydrogen) atoms. The monoisotopic (exact) mass is 270 g/mol. The van der Waals surface area contributed by atoms with Crippen LogP contribution in [0.25, 0.3) is 0 Å². The van der Waals surface area contributed by atoms with Crippen LogP contribution in [0.2, 0.25) is 0 Å². The van der Waals surface area contributed by atoms with Crippen molar-refractivity contribution in [3.05, 3.63) is 24.3 Å². The summed E-state index contributed by atoms with van der Waals surface area (Å²) in [5, 5.41) is 29.1. The summed E-state index contributed by atoms with van der Waals surface area (Å²) in [6.45, 7) is 1.60. The Morgan fingerprint density at radius 1 is 1.00 bits per heavy atom. The molecule has 1 aromatic rings. The summed E-state index contributed by atoms with van der Waals surface area (Å²) in [5.41, 5.74) is 0. The number of hydrogen-bond acceptors (Lipinski definition) is 6. The molecule has 0 spiro atoms. The first-order valence-corrected chi connectivity index (χ1v) is 6.04. The lowest BCUT2D eigenvalue weighted by atomic mass is 10.00. The molecule has 1 heterocycles. The van der Waals surface area contributed by atoms with Crippen LogP contribution >= 0.6 is 0 Å². The first-order valence-electron chi connectivity index (χ1n) is 6.04. The molecule has 1 saturated heterocycles. The van der Waals surface area contributed by atoms with Crippen molar-refractivity contribution >= 4 is 0 Å². The second-order valence-corrected chi connectivity index (χ2v) is 4.45. The maximum atomic E-state index is 9.85. The number of ether oxygens (including phenoxy) is 3. The van der Waals surface area contributed by atoms with Crippen LogP contribution in [0.3, 0.4) is 0 Å². The van der Waals surface area contributed by atoms with Gasteiger partial charge in [-0.1, -0.05) is 12.1 Å². The van der Waals surface area contributed by atoms with Crippen molar-refractivity contribution in [3.63, 3.8) is 0 Å². The standard InChI is InChI=1S/C13H18O6/c1-7-10(14)11(15)12(16)13(18-7)19-9-6-4-3-5-8(9)17-2/h3-7,10-16H,1-2H3/t7-,10-,11+,12+,13?/m1/s1. The third kappa shape index (κ3) is 2.82. The largest absolute Gasteiger partial charge is 0.493 e. The minimum absolute atomic E-state index is 0.393. The highest BCUT2D eigenvalue weighted by molar-refractivity contribution is 5.39. The second-order valence-electron chi connectivity index (χ2n) is 4.45. The number of aliphatic hydroxyl groups excluding tert-OH is 3. The molecule has 1 aromatic carbocycles. The first-order chi connectivity index (χ1) is 9.04. The molecule has 0 bridgehead atoms. The SMILES string of the molecule is COc1ccccc1OC1O[C@H](C)[C@@H](O)[C@H](O)[C@@H]1O. The number of aliphatic hydroxyl groups is 3. The lowest BCUT2D eigenvalue weighted by Crippen LogP contribution is -2.58. The summed E-state index contributed by atoms with van der Waals surface area (Å²) < 4.78 is 16.0. The first kappa shape index (κ1) is 14.1. The number of benzene rings is 1. The molecule has 1 fully saturated rings. The van der Waals surface area contributed by atoms with Gasteiger partial charge in [-0.05, 0) is 19.1 Å². The molecule has 6 heteroatoms. The van der Waals surface area contributed by atoms with E-state index in [0.717, 1.165) is 0 Å². The van der Waals surface area contributed by atoms with E-state index in [4.69, 9.17) is 14.2 Å². The van der Waals surface area contributed by atoms with Crippen molar-refractivity contribution in [1.29, 1.82) is 0 Å². The Kier molecular flexibility index (Phi) is 4.26. The van der Waals surface area contributed by atoms with E-state index in [1.165, 1.54) is 7.11 Å². The molecule has 0 aromatic heterocycles. The minimum Gasteiger partial charge on any atom is -0.493 e. The second kappa shape index (κ2) is 5.75. The average molecular weight is 270 g/mol. The average Bonchev–Trinajstić information content (AvgIpc) is 2.43. The van der Waals surface area contributed by atoms with Crippen LogP contribution in [0.5, 0.6) is 11.5 Å². The molecule has 0 amide bonds. The van der Waals surface area contributed by atoms with Crippen LogP contribution in [0, 0.1) is 0 Å². The summed E-state index contributed by atoms with van der Waals surface area (Å²) >= 11 is 0. The minimum atomic E-state index is -1.34. The van der Waals surface area contributed by atoms with Gasteiger partial charge in [0.15, 0.2) is 11.5 Å². The molecule has 2 rings (SSSR count). The van der Waals surface area contributed by atoms with Crippen molar-refractivity contribution in [1.82, 2.24) is 0 Å². The Morgan fingerprint density at radius 3 is 2.26 bits per heavy atom. The third-order valence-electron chi connectivity index (χ3n) is 3.12. The summed E-state index contributed by atoms with van der Waals surface area (Å²) in [4.78, 5) is 0. The van der Waals surface area contributed by atoms with Crippen molar-refractivity contribution in [2.24, 2.45) is 0 Å². The summed E-state index contributed by atoms with van der Waals surface area (Å²) in [7, 11) is 1.50. The maximum absolute atomic E-state index is 9.85. The quantitative estimate of drug-likeness (QED) is 0.711. The molecule has 0 radical (unpaired) electrons. The third-order valence-corrected chi connectivity index (χ3v) is 3.12. The number of hydrogen-bond donors (Lipinski definition) is 3. The summed E-state index contributed by atoms with van der Waals surface area (Å²) in [5.74, 6) is 0.886. The maximum Gasteiger partial charge on any atom is 0.229 e. The van der Waals surface area contributed by atoms with Crippen LogP contribution in [0.4, 0.5) is 0 Å². The fraction of sp³-hybridized carbons (Fsp3) is 0.538. The van der Waals surface area contributed by atoms with E-state index in [2.05, 4.69) is 0 Å². The molecule has 0 saturated carbocycles. The molecule has 5 atom stereocenters. The van der Waals surface area contributed by atoms with E-state index in [-0.39, 0.29) is 0 Å². The predicted molar refractivity (Wildman–Crippen MR) is 66.0 cm³/mol. The molecular formula is C13H18O6. The Morgan fingerprint density at radius 2 is 1.63 bits per heavy atom. The molecule has 1 aliphatic heterocycles. The summed E-state index contributed by atoms with van der Waals surface area (Å²) in [6, 6.07) is 6.91. The van der Waals surface area contributed by atoms with Gasteiger partial charge in [-0.2, -0.15) is 0 Å². The number of methoxy groups -OCH3 is 1. The van der Waals surface area contributed by atoms with Crippen LogP contribution in [-0.4, -0.2) is 53.1 Å². The smallest absolute Gasteiger partial charge is 0.229 e. The van der Waals surface area contributed by atoms with E-state index in [1.54, 1.807) is 31.2 Å². The van der Waals surface area contributed by atoms with Gasteiger partial charge in [0.2, 0.25) is 6.29 Å². The Labute approximate surface area is 111 Å². The van der Waals surface area contributed by atoms with Crippen molar-refractivity contribution in [2.75, 3.05) is 7.11 Å². The van der Waals surface area contributed by atoms with Gasteiger partial charge in [-0.3, -0.25) is 0 Å². The highest BCUT2D eigenvalue weighted by atomic mass is 16.7. The lowest BCUT2D eigenvalue weighted by molar-refractivity contribution is -0.268. The van der Waals surface area contributed by atoms with Gasteiger partial charge < -0.3 is 29.5 Å². The normalized spacial score (nSPS) is 34.9. The van der Waals surface area contributed by atoms with Gasteiger partial charge in [-0.15, -0.1) is 0 Å². The zero-order valence-corrected chi connectivity index (χ0v) is 10.8. The topological polar surface area (TPSA) is 88.4 Å². The molecule has 1 unspecified atom stereocenters. The van der Waals surface area contributed by atoms with Crippen LogP contribution in [-0.2, 0) is 4.74 Å². The molecule has 6 nitrogen and oxygen atoms in total. The Hall–Kier alpha value is -1.34. The highest BCUT2D eigenvalue weighted by Crippen LogP contribution is 2.30. The van der Waals surface area contributed by atoms with E-state index in [1.807, 2.05) is 0 Å². The van der Waals surface area contributed by atoms with Crippen LogP contribution in [0.1, 0.15) is 6.92 Å². The highest BCUT2D eigenvalue weighted by Gasteiger charge is 2.43. The molecule has 1 aliphatic rings. The van der Waals surface area contributed by atoms with Crippen molar-refractivity contribution in [2.45, 2.75) is 37.6 Å². The molecule has 3 N–H and O–H groups in total. The predicted octanol–water partition coefficient (Wildman–Crippen LogP) is -0.0985. The van der Waals surface area contributed by atoms with Gasteiger partial charge >= 0.3 is 0 Å². The molecule has 0 aliphatic carbocycles. The fourth-order valence-corrected chi connectivity index (χ4v) is 1.95. The van der Waals surface area contributed by atoms with Gasteiger partial charge in [-0.25, -0.2) is 0 Å². The van der Waals surface area contributed by atoms with Gasteiger partial charge in [0, 0.05) is 0 Å². The summed E-state index contributed by atoms with van der Waals surface area (Å²) in [6.07, 6.45) is -5.50. The Bertz CT molecular complexity index is 423. The van der Waals surface area contributed by atoms with Gasteiger partial charge in [0.1, 0.15) is 18.3 Å². The fourth-order valence-electron chi connectivity index (χ4n) is 1.95. The number of rotatable bonds is 3. The van der Waals surface area contributed by atoms with Gasteiger partial charge in [0.05, 0.1) is 13.2 Å².